The van der Waals surface area contributed by atoms with Crippen molar-refractivity contribution in [3.63, 3.8) is 0 Å². The van der Waals surface area contributed by atoms with Gasteiger partial charge in [0.2, 0.25) is 0 Å². The van der Waals surface area contributed by atoms with Crippen LogP contribution in [0.1, 0.15) is 6.92 Å². The van der Waals surface area contributed by atoms with E-state index in [2.05, 4.69) is 19.9 Å². The summed E-state index contributed by atoms with van der Waals surface area (Å²) in [4.78, 5) is 26.5. The Hall–Kier alpha value is -3.55. The van der Waals surface area contributed by atoms with Crippen LogP contribution >= 0.6 is 0 Å². The van der Waals surface area contributed by atoms with Crippen molar-refractivity contribution in [2.24, 2.45) is 0 Å². The van der Waals surface area contributed by atoms with Crippen LogP contribution in [-0.2, 0) is 0 Å². The first kappa shape index (κ1) is 16.6. The largest absolute Gasteiger partial charge is 0.491 e. The van der Waals surface area contributed by atoms with Crippen LogP contribution in [0, 0.1) is 0 Å². The first-order chi connectivity index (χ1) is 13.7. The van der Waals surface area contributed by atoms with E-state index in [1.807, 2.05) is 32.2 Å². The summed E-state index contributed by atoms with van der Waals surface area (Å²) in [5.74, 6) is 1.36. The fraction of sp³-hybridized carbons (Fsp3) is 0.250. The third-order valence-electron chi connectivity index (χ3n) is 4.95. The number of imidazole rings is 1. The van der Waals surface area contributed by atoms with Gasteiger partial charge in [-0.2, -0.15) is 0 Å². The molecule has 8 nitrogen and oxygen atoms in total. The zero-order chi connectivity index (χ0) is 19.3. The van der Waals surface area contributed by atoms with Gasteiger partial charge in [0.15, 0.2) is 11.4 Å². The zero-order valence-corrected chi connectivity index (χ0v) is 15.6. The number of pyridine rings is 2. The standard InChI is InChI=1S/C20H19N5O3/c1-3-27-15-6-7-21-19-18(15)25(20(26)23-19)12-4-5-14-13(10-12)17-16(11-22-14)28-9-8-24(17)2/h4-7,10-11H,3,8-9H2,1-2H3,(H,21,23,26). The number of hydrogen-bond acceptors (Lipinski definition) is 6. The highest BCUT2D eigenvalue weighted by atomic mass is 16.5. The molecule has 0 unspecified atom stereocenters. The Morgan fingerprint density at radius 3 is 3.04 bits per heavy atom. The molecule has 0 radical (unpaired) electrons. The smallest absolute Gasteiger partial charge is 0.332 e. The molecule has 0 amide bonds. The van der Waals surface area contributed by atoms with E-state index < -0.39 is 0 Å². The van der Waals surface area contributed by atoms with Crippen LogP contribution in [0.15, 0.2) is 41.5 Å². The van der Waals surface area contributed by atoms with Crippen molar-refractivity contribution >= 4 is 27.8 Å². The minimum atomic E-state index is -0.267. The van der Waals surface area contributed by atoms with E-state index in [1.165, 1.54) is 0 Å². The lowest BCUT2D eigenvalue weighted by Gasteiger charge is -2.28. The molecule has 3 aromatic heterocycles. The predicted molar refractivity (Wildman–Crippen MR) is 107 cm³/mol. The van der Waals surface area contributed by atoms with E-state index in [0.717, 1.165) is 28.9 Å². The van der Waals surface area contributed by atoms with Gasteiger partial charge in [0.1, 0.15) is 17.9 Å². The van der Waals surface area contributed by atoms with E-state index in [-0.39, 0.29) is 5.69 Å². The van der Waals surface area contributed by atoms with Gasteiger partial charge < -0.3 is 14.4 Å². The molecule has 0 saturated heterocycles. The Morgan fingerprint density at radius 1 is 1.29 bits per heavy atom. The van der Waals surface area contributed by atoms with Gasteiger partial charge in [0.25, 0.3) is 0 Å². The first-order valence-electron chi connectivity index (χ1n) is 9.17. The van der Waals surface area contributed by atoms with Crippen molar-refractivity contribution in [1.29, 1.82) is 0 Å². The number of ether oxygens (including phenoxy) is 2. The SMILES string of the molecule is CCOc1ccnc2[nH]c(=O)n(-c3ccc4ncc5c(c4c3)N(C)CCO5)c12. The molecule has 5 rings (SSSR count). The van der Waals surface area contributed by atoms with Crippen LogP contribution in [0.4, 0.5) is 5.69 Å². The number of benzene rings is 1. The number of H-pyrrole nitrogens is 1. The van der Waals surface area contributed by atoms with E-state index >= 15 is 0 Å². The van der Waals surface area contributed by atoms with Gasteiger partial charge in [-0.1, -0.05) is 0 Å². The first-order valence-corrected chi connectivity index (χ1v) is 9.17. The minimum absolute atomic E-state index is 0.267. The van der Waals surface area contributed by atoms with Gasteiger partial charge in [-0.15, -0.1) is 0 Å². The number of nitrogens with one attached hydrogen (secondary N) is 1. The number of nitrogens with zero attached hydrogens (tertiary/aromatic N) is 4. The number of rotatable bonds is 3. The molecular weight excluding hydrogens is 358 g/mol. The van der Waals surface area contributed by atoms with E-state index in [9.17, 15) is 4.79 Å². The van der Waals surface area contributed by atoms with Gasteiger partial charge in [-0.25, -0.2) is 9.78 Å². The Balaban J connectivity index is 1.80. The molecule has 0 bridgehead atoms. The van der Waals surface area contributed by atoms with Crippen LogP contribution in [0.25, 0.3) is 27.8 Å². The molecule has 0 spiro atoms. The van der Waals surface area contributed by atoms with Crippen LogP contribution in [0.5, 0.6) is 11.5 Å². The molecule has 4 aromatic rings. The summed E-state index contributed by atoms with van der Waals surface area (Å²) >= 11 is 0. The number of fused-ring (bicyclic) bond motifs is 4. The molecule has 142 valence electrons. The van der Waals surface area contributed by atoms with E-state index in [4.69, 9.17) is 9.47 Å². The molecule has 0 fully saturated rings. The molecule has 0 aliphatic carbocycles. The minimum Gasteiger partial charge on any atom is -0.491 e. The zero-order valence-electron chi connectivity index (χ0n) is 15.6. The fourth-order valence-corrected chi connectivity index (χ4v) is 3.71. The highest BCUT2D eigenvalue weighted by Gasteiger charge is 2.20. The molecule has 1 aliphatic rings. The van der Waals surface area contributed by atoms with E-state index in [0.29, 0.717) is 35.8 Å². The average Bonchev–Trinajstić information content (AvgIpc) is 3.04. The predicted octanol–water partition coefficient (Wildman–Crippen LogP) is 2.49. The molecule has 8 heteroatoms. The molecule has 0 saturated carbocycles. The Labute approximate surface area is 160 Å². The Morgan fingerprint density at radius 2 is 2.18 bits per heavy atom. The van der Waals surface area contributed by atoms with Crippen LogP contribution in [0.3, 0.4) is 0 Å². The van der Waals surface area contributed by atoms with Crippen LogP contribution in [-0.4, -0.2) is 46.3 Å². The van der Waals surface area contributed by atoms with Crippen molar-refractivity contribution in [2.75, 3.05) is 31.7 Å². The monoisotopic (exact) mass is 377 g/mol. The number of anilines is 1. The highest BCUT2D eigenvalue weighted by Crippen LogP contribution is 2.37. The summed E-state index contributed by atoms with van der Waals surface area (Å²) in [6, 6.07) is 7.52. The maximum atomic E-state index is 12.7. The van der Waals surface area contributed by atoms with Crippen molar-refractivity contribution in [2.45, 2.75) is 6.92 Å². The summed E-state index contributed by atoms with van der Waals surface area (Å²) in [6.45, 7) is 3.82. The normalized spacial score (nSPS) is 13.6. The van der Waals surface area contributed by atoms with E-state index in [1.54, 1.807) is 23.0 Å². The molecule has 28 heavy (non-hydrogen) atoms. The van der Waals surface area contributed by atoms with Gasteiger partial charge in [0, 0.05) is 24.7 Å². The lowest BCUT2D eigenvalue weighted by Crippen LogP contribution is -2.29. The molecule has 1 aromatic carbocycles. The molecule has 4 heterocycles. The van der Waals surface area contributed by atoms with Gasteiger partial charge in [-0.3, -0.25) is 14.5 Å². The van der Waals surface area contributed by atoms with Crippen molar-refractivity contribution in [1.82, 2.24) is 19.5 Å². The number of aromatic amines is 1. The molecular formula is C20H19N5O3. The summed E-state index contributed by atoms with van der Waals surface area (Å²) in [7, 11) is 2.03. The lowest BCUT2D eigenvalue weighted by molar-refractivity contribution is 0.311. The highest BCUT2D eigenvalue weighted by molar-refractivity contribution is 5.96. The maximum absolute atomic E-state index is 12.7. The van der Waals surface area contributed by atoms with Crippen molar-refractivity contribution in [3.05, 3.63) is 47.1 Å². The molecule has 1 N–H and O–H groups in total. The summed E-state index contributed by atoms with van der Waals surface area (Å²) < 4.78 is 13.1. The number of likely N-dealkylation sites (N-methyl/N-ethyl adjacent to an activating group) is 1. The molecule has 1 aliphatic heterocycles. The number of hydrogen-bond donors (Lipinski definition) is 1. The van der Waals surface area contributed by atoms with Gasteiger partial charge >= 0.3 is 5.69 Å². The second-order valence-electron chi connectivity index (χ2n) is 6.65. The van der Waals surface area contributed by atoms with Gasteiger partial charge in [0.05, 0.1) is 36.2 Å². The molecule has 0 atom stereocenters. The van der Waals surface area contributed by atoms with Crippen molar-refractivity contribution in [3.8, 4) is 17.2 Å². The third kappa shape index (κ3) is 2.41. The Kier molecular flexibility index (Phi) is 3.71. The Bertz CT molecular complexity index is 1260. The average molecular weight is 377 g/mol. The summed E-state index contributed by atoms with van der Waals surface area (Å²) in [6.07, 6.45) is 3.38. The number of aromatic nitrogens is 4. The van der Waals surface area contributed by atoms with Crippen molar-refractivity contribution < 1.29 is 9.47 Å². The quantitative estimate of drug-likeness (QED) is 0.590. The fourth-order valence-electron chi connectivity index (χ4n) is 3.71. The van der Waals surface area contributed by atoms with Crippen LogP contribution < -0.4 is 20.1 Å². The second-order valence-corrected chi connectivity index (χ2v) is 6.65. The summed E-state index contributed by atoms with van der Waals surface area (Å²) in [5, 5.41) is 0.931. The lowest BCUT2D eigenvalue weighted by atomic mass is 10.1. The topological polar surface area (TPSA) is 85.3 Å². The summed E-state index contributed by atoms with van der Waals surface area (Å²) in [5.41, 5.74) is 3.38. The maximum Gasteiger partial charge on any atom is 0.332 e. The second kappa shape index (κ2) is 6.26. The van der Waals surface area contributed by atoms with Crippen LogP contribution in [0.2, 0.25) is 0 Å². The van der Waals surface area contributed by atoms with Gasteiger partial charge in [-0.05, 0) is 25.1 Å². The third-order valence-corrected chi connectivity index (χ3v) is 4.95.